The predicted octanol–water partition coefficient (Wildman–Crippen LogP) is 1.71. The maximum atomic E-state index is 11.4. The molecule has 1 saturated carbocycles. The van der Waals surface area contributed by atoms with E-state index in [1.165, 1.54) is 0 Å². The maximum Gasteiger partial charge on any atom is 0.306 e. The molecule has 2 N–H and O–H groups in total. The molecule has 0 aromatic carbocycles. The highest BCUT2D eigenvalue weighted by atomic mass is 16.4. The molecule has 0 aromatic rings. The molecule has 0 saturated heterocycles. The molecule has 0 aliphatic heterocycles. The van der Waals surface area contributed by atoms with Crippen molar-refractivity contribution in [3.63, 3.8) is 0 Å². The average molecular weight is 225 g/mol. The van der Waals surface area contributed by atoms with Crippen LogP contribution in [0.1, 0.15) is 38.5 Å². The third-order valence-corrected chi connectivity index (χ3v) is 3.02. The van der Waals surface area contributed by atoms with Gasteiger partial charge in [0.1, 0.15) is 0 Å². The van der Waals surface area contributed by atoms with E-state index in [1.54, 1.807) is 6.08 Å². The number of carboxylic acid groups (broad SMARTS) is 1. The molecule has 4 heteroatoms. The van der Waals surface area contributed by atoms with Crippen molar-refractivity contribution < 1.29 is 14.7 Å². The van der Waals surface area contributed by atoms with Gasteiger partial charge in [0.15, 0.2) is 0 Å². The molecule has 0 atom stereocenters. The third kappa shape index (κ3) is 4.04. The number of carbonyl (C=O) groups excluding carboxylic acids is 1. The molecule has 1 aliphatic rings. The van der Waals surface area contributed by atoms with Gasteiger partial charge in [0.05, 0.1) is 5.92 Å². The van der Waals surface area contributed by atoms with Gasteiger partial charge < -0.3 is 10.4 Å². The van der Waals surface area contributed by atoms with Crippen LogP contribution in [0.25, 0.3) is 0 Å². The van der Waals surface area contributed by atoms with Crippen LogP contribution in [0, 0.1) is 5.92 Å². The number of nitrogens with one attached hydrogen (secondary N) is 1. The molecule has 0 unspecified atom stereocenters. The van der Waals surface area contributed by atoms with Gasteiger partial charge in [0.25, 0.3) is 0 Å². The van der Waals surface area contributed by atoms with Gasteiger partial charge in [0.2, 0.25) is 5.91 Å². The summed E-state index contributed by atoms with van der Waals surface area (Å²) in [5.41, 5.74) is 0. The summed E-state index contributed by atoms with van der Waals surface area (Å²) in [6.45, 7) is 3.56. The number of hydrogen-bond acceptors (Lipinski definition) is 2. The van der Waals surface area contributed by atoms with Crippen molar-refractivity contribution in [2.75, 3.05) is 0 Å². The summed E-state index contributed by atoms with van der Waals surface area (Å²) in [4.78, 5) is 22.1. The first-order chi connectivity index (χ1) is 7.63. The Balaban J connectivity index is 2.23. The SMILES string of the molecule is C=CCCC(=O)NC1CCC(C(=O)O)CC1. The van der Waals surface area contributed by atoms with Crippen LogP contribution in [-0.4, -0.2) is 23.0 Å². The number of aliphatic carboxylic acids is 1. The minimum absolute atomic E-state index is 0.0404. The molecule has 0 radical (unpaired) electrons. The normalized spacial score (nSPS) is 24.8. The van der Waals surface area contributed by atoms with Gasteiger partial charge in [-0.15, -0.1) is 6.58 Å². The second-order valence-corrected chi connectivity index (χ2v) is 4.28. The van der Waals surface area contributed by atoms with E-state index < -0.39 is 5.97 Å². The van der Waals surface area contributed by atoms with Gasteiger partial charge in [-0.05, 0) is 32.1 Å². The fraction of sp³-hybridized carbons (Fsp3) is 0.667. The summed E-state index contributed by atoms with van der Waals surface area (Å²) in [6.07, 6.45) is 5.77. The third-order valence-electron chi connectivity index (χ3n) is 3.02. The molecule has 1 rings (SSSR count). The van der Waals surface area contributed by atoms with Crippen LogP contribution in [-0.2, 0) is 9.59 Å². The molecular weight excluding hydrogens is 206 g/mol. The maximum absolute atomic E-state index is 11.4. The summed E-state index contributed by atoms with van der Waals surface area (Å²) in [5, 5.41) is 11.8. The lowest BCUT2D eigenvalue weighted by Crippen LogP contribution is -2.38. The number of allylic oxidation sites excluding steroid dienone is 1. The summed E-state index contributed by atoms with van der Waals surface area (Å²) in [6, 6.07) is 0.160. The first-order valence-electron chi connectivity index (χ1n) is 5.76. The Morgan fingerprint density at radius 3 is 2.44 bits per heavy atom. The number of amides is 1. The van der Waals surface area contributed by atoms with E-state index in [1.807, 2.05) is 0 Å². The van der Waals surface area contributed by atoms with Crippen molar-refractivity contribution in [2.45, 2.75) is 44.6 Å². The molecule has 4 nitrogen and oxygen atoms in total. The summed E-state index contributed by atoms with van der Waals surface area (Å²) >= 11 is 0. The quantitative estimate of drug-likeness (QED) is 0.700. The second-order valence-electron chi connectivity index (χ2n) is 4.28. The number of rotatable bonds is 5. The number of carboxylic acids is 1. The van der Waals surface area contributed by atoms with Crippen molar-refractivity contribution in [3.05, 3.63) is 12.7 Å². The molecular formula is C12H19NO3. The van der Waals surface area contributed by atoms with Gasteiger partial charge in [0, 0.05) is 12.5 Å². The van der Waals surface area contributed by atoms with Gasteiger partial charge in [-0.3, -0.25) is 9.59 Å². The van der Waals surface area contributed by atoms with Crippen LogP contribution in [0.3, 0.4) is 0 Å². The van der Waals surface area contributed by atoms with Gasteiger partial charge in [-0.25, -0.2) is 0 Å². The van der Waals surface area contributed by atoms with Crippen LogP contribution in [0.5, 0.6) is 0 Å². The molecule has 1 amide bonds. The van der Waals surface area contributed by atoms with Gasteiger partial charge in [-0.2, -0.15) is 0 Å². The zero-order valence-corrected chi connectivity index (χ0v) is 9.45. The Labute approximate surface area is 95.7 Å². The van der Waals surface area contributed by atoms with Crippen molar-refractivity contribution in [1.29, 1.82) is 0 Å². The Hall–Kier alpha value is -1.32. The molecule has 0 spiro atoms. The highest BCUT2D eigenvalue weighted by Crippen LogP contribution is 2.24. The van der Waals surface area contributed by atoms with E-state index in [9.17, 15) is 9.59 Å². The highest BCUT2D eigenvalue weighted by Gasteiger charge is 2.26. The van der Waals surface area contributed by atoms with Crippen LogP contribution in [0.15, 0.2) is 12.7 Å². The first kappa shape index (κ1) is 12.7. The predicted molar refractivity (Wildman–Crippen MR) is 61.0 cm³/mol. The average Bonchev–Trinajstić information content (AvgIpc) is 2.27. The number of hydrogen-bond donors (Lipinski definition) is 2. The van der Waals surface area contributed by atoms with Crippen molar-refractivity contribution in [1.82, 2.24) is 5.32 Å². The van der Waals surface area contributed by atoms with Crippen molar-refractivity contribution in [2.24, 2.45) is 5.92 Å². The van der Waals surface area contributed by atoms with E-state index >= 15 is 0 Å². The van der Waals surface area contributed by atoms with Crippen LogP contribution in [0.2, 0.25) is 0 Å². The van der Waals surface area contributed by atoms with Crippen molar-refractivity contribution in [3.8, 4) is 0 Å². The molecule has 0 aromatic heterocycles. The van der Waals surface area contributed by atoms with Crippen LogP contribution < -0.4 is 5.32 Å². The van der Waals surface area contributed by atoms with E-state index in [0.29, 0.717) is 25.7 Å². The van der Waals surface area contributed by atoms with Crippen molar-refractivity contribution >= 4 is 11.9 Å². The molecule has 1 aliphatic carbocycles. The minimum Gasteiger partial charge on any atom is -0.481 e. The Morgan fingerprint density at radius 1 is 1.31 bits per heavy atom. The molecule has 16 heavy (non-hydrogen) atoms. The fourth-order valence-corrected chi connectivity index (χ4v) is 2.02. The highest BCUT2D eigenvalue weighted by molar-refractivity contribution is 5.76. The molecule has 1 fully saturated rings. The van der Waals surface area contributed by atoms with Crippen LogP contribution >= 0.6 is 0 Å². The lowest BCUT2D eigenvalue weighted by molar-refractivity contribution is -0.142. The van der Waals surface area contributed by atoms with Gasteiger partial charge >= 0.3 is 5.97 Å². The smallest absolute Gasteiger partial charge is 0.306 e. The molecule has 90 valence electrons. The lowest BCUT2D eigenvalue weighted by Gasteiger charge is -2.26. The lowest BCUT2D eigenvalue weighted by atomic mass is 9.86. The Morgan fingerprint density at radius 2 is 1.94 bits per heavy atom. The second kappa shape index (κ2) is 6.30. The van der Waals surface area contributed by atoms with Gasteiger partial charge in [-0.1, -0.05) is 6.08 Å². The largest absolute Gasteiger partial charge is 0.481 e. The number of carbonyl (C=O) groups is 2. The van der Waals surface area contributed by atoms with E-state index in [4.69, 9.17) is 5.11 Å². The zero-order valence-electron chi connectivity index (χ0n) is 9.45. The summed E-state index contributed by atoms with van der Waals surface area (Å²) < 4.78 is 0. The molecule has 0 heterocycles. The fourth-order valence-electron chi connectivity index (χ4n) is 2.02. The zero-order chi connectivity index (χ0) is 12.0. The van der Waals surface area contributed by atoms with E-state index in [2.05, 4.69) is 11.9 Å². The monoisotopic (exact) mass is 225 g/mol. The Bertz CT molecular complexity index is 267. The van der Waals surface area contributed by atoms with Crippen LogP contribution in [0.4, 0.5) is 0 Å². The summed E-state index contributed by atoms with van der Waals surface area (Å²) in [5.74, 6) is -0.892. The Kier molecular flexibility index (Phi) is 5.02. The molecule has 0 bridgehead atoms. The van der Waals surface area contributed by atoms with E-state index in [0.717, 1.165) is 12.8 Å². The first-order valence-corrected chi connectivity index (χ1v) is 5.76. The summed E-state index contributed by atoms with van der Waals surface area (Å²) in [7, 11) is 0. The standard InChI is InChI=1S/C12H19NO3/c1-2-3-4-11(14)13-10-7-5-9(6-8-10)12(15)16/h2,9-10H,1,3-8H2,(H,13,14)(H,15,16). The minimum atomic E-state index is -0.712. The van der Waals surface area contributed by atoms with E-state index in [-0.39, 0.29) is 17.9 Å². The topological polar surface area (TPSA) is 66.4 Å².